The van der Waals surface area contributed by atoms with Crippen LogP contribution < -0.4 is 4.90 Å². The summed E-state index contributed by atoms with van der Waals surface area (Å²) in [7, 11) is 0. The van der Waals surface area contributed by atoms with E-state index in [4.69, 9.17) is 5.53 Å². The second-order valence-electron chi connectivity index (χ2n) is 4.36. The first-order valence-corrected chi connectivity index (χ1v) is 5.83. The van der Waals surface area contributed by atoms with Crippen LogP contribution in [0.15, 0.2) is 23.3 Å². The van der Waals surface area contributed by atoms with Crippen LogP contribution in [0.25, 0.3) is 10.4 Å². The number of piperidine rings is 1. The molecule has 1 aliphatic heterocycles. The standard InChI is InChI=1S/C12H15FN4/c1-9-4-2-3-7-17(9)12-6-5-10(15-16-14)8-11(12)13/h5-6,8-9H,2-4,7H2,1H3. The molecule has 1 aliphatic rings. The molecule has 0 saturated carbocycles. The zero-order valence-electron chi connectivity index (χ0n) is 9.80. The molecule has 0 amide bonds. The molecule has 0 N–H and O–H groups in total. The lowest BCUT2D eigenvalue weighted by Crippen LogP contribution is -2.37. The van der Waals surface area contributed by atoms with Gasteiger partial charge < -0.3 is 4.90 Å². The highest BCUT2D eigenvalue weighted by Crippen LogP contribution is 2.29. The molecule has 0 aromatic heterocycles. The lowest BCUT2D eigenvalue weighted by Gasteiger charge is -2.35. The van der Waals surface area contributed by atoms with E-state index in [9.17, 15) is 4.39 Å². The lowest BCUT2D eigenvalue weighted by atomic mass is 10.0. The average Bonchev–Trinajstić information content (AvgIpc) is 2.31. The van der Waals surface area contributed by atoms with Gasteiger partial charge in [-0.3, -0.25) is 0 Å². The summed E-state index contributed by atoms with van der Waals surface area (Å²) in [5.41, 5.74) is 9.22. The molecule has 17 heavy (non-hydrogen) atoms. The van der Waals surface area contributed by atoms with Gasteiger partial charge in [0.25, 0.3) is 0 Å². The predicted octanol–water partition coefficient (Wildman–Crippen LogP) is 4.15. The second kappa shape index (κ2) is 5.06. The fourth-order valence-corrected chi connectivity index (χ4v) is 2.30. The molecule has 0 bridgehead atoms. The summed E-state index contributed by atoms with van der Waals surface area (Å²) >= 11 is 0. The first-order valence-electron chi connectivity index (χ1n) is 5.83. The van der Waals surface area contributed by atoms with Crippen molar-refractivity contribution in [2.45, 2.75) is 32.2 Å². The molecule has 0 aliphatic carbocycles. The van der Waals surface area contributed by atoms with E-state index in [-0.39, 0.29) is 5.82 Å². The van der Waals surface area contributed by atoms with Crippen LogP contribution in [-0.2, 0) is 0 Å². The summed E-state index contributed by atoms with van der Waals surface area (Å²) < 4.78 is 13.9. The minimum atomic E-state index is -0.316. The van der Waals surface area contributed by atoms with E-state index in [1.165, 1.54) is 12.5 Å². The van der Waals surface area contributed by atoms with E-state index >= 15 is 0 Å². The van der Waals surface area contributed by atoms with Crippen LogP contribution in [0.3, 0.4) is 0 Å². The molecule has 1 atom stereocenters. The molecule has 0 spiro atoms. The summed E-state index contributed by atoms with van der Waals surface area (Å²) in [5.74, 6) is -0.316. The Morgan fingerprint density at radius 1 is 1.47 bits per heavy atom. The van der Waals surface area contributed by atoms with Crippen LogP contribution in [0, 0.1) is 5.82 Å². The summed E-state index contributed by atoms with van der Waals surface area (Å²) in [5, 5.41) is 3.39. The van der Waals surface area contributed by atoms with E-state index < -0.39 is 0 Å². The largest absolute Gasteiger partial charge is 0.366 e. The van der Waals surface area contributed by atoms with Crippen molar-refractivity contribution >= 4 is 11.4 Å². The fourth-order valence-electron chi connectivity index (χ4n) is 2.30. The first-order chi connectivity index (χ1) is 8.22. The van der Waals surface area contributed by atoms with Gasteiger partial charge in [-0.25, -0.2) is 4.39 Å². The molecular weight excluding hydrogens is 219 g/mol. The molecule has 2 rings (SSSR count). The summed E-state index contributed by atoms with van der Waals surface area (Å²) in [6, 6.07) is 5.00. The molecule has 1 aromatic carbocycles. The van der Waals surface area contributed by atoms with Gasteiger partial charge in [0.15, 0.2) is 0 Å². The van der Waals surface area contributed by atoms with Crippen molar-refractivity contribution in [3.63, 3.8) is 0 Å². The van der Waals surface area contributed by atoms with Crippen molar-refractivity contribution in [2.75, 3.05) is 11.4 Å². The molecule has 0 radical (unpaired) electrons. The monoisotopic (exact) mass is 234 g/mol. The summed E-state index contributed by atoms with van der Waals surface area (Å²) in [6.07, 6.45) is 3.40. The van der Waals surface area contributed by atoms with Gasteiger partial charge in [-0.15, -0.1) is 0 Å². The van der Waals surface area contributed by atoms with Crippen LogP contribution in [0.2, 0.25) is 0 Å². The van der Waals surface area contributed by atoms with Crippen molar-refractivity contribution in [3.8, 4) is 0 Å². The fraction of sp³-hybridized carbons (Fsp3) is 0.500. The van der Waals surface area contributed by atoms with E-state index in [0.29, 0.717) is 17.4 Å². The quantitative estimate of drug-likeness (QED) is 0.431. The highest BCUT2D eigenvalue weighted by Gasteiger charge is 2.20. The Morgan fingerprint density at radius 3 is 2.94 bits per heavy atom. The van der Waals surface area contributed by atoms with E-state index in [1.54, 1.807) is 12.1 Å². The van der Waals surface area contributed by atoms with Gasteiger partial charge >= 0.3 is 0 Å². The van der Waals surface area contributed by atoms with Crippen LogP contribution in [0.5, 0.6) is 0 Å². The maximum atomic E-state index is 13.9. The number of hydrogen-bond donors (Lipinski definition) is 0. The normalized spacial score (nSPS) is 19.9. The zero-order chi connectivity index (χ0) is 12.3. The van der Waals surface area contributed by atoms with Gasteiger partial charge in [0.05, 0.1) is 5.69 Å². The van der Waals surface area contributed by atoms with Crippen molar-refractivity contribution in [2.24, 2.45) is 5.11 Å². The number of hydrogen-bond acceptors (Lipinski definition) is 2. The van der Waals surface area contributed by atoms with Gasteiger partial charge in [-0.2, -0.15) is 0 Å². The minimum absolute atomic E-state index is 0.316. The molecule has 1 saturated heterocycles. The van der Waals surface area contributed by atoms with Gasteiger partial charge in [-0.05, 0) is 43.9 Å². The Labute approximate surface area is 99.7 Å². The van der Waals surface area contributed by atoms with Crippen LogP contribution >= 0.6 is 0 Å². The first kappa shape index (κ1) is 11.7. The highest BCUT2D eigenvalue weighted by molar-refractivity contribution is 5.55. The van der Waals surface area contributed by atoms with Gasteiger partial charge in [-0.1, -0.05) is 11.2 Å². The lowest BCUT2D eigenvalue weighted by molar-refractivity contribution is 0.476. The Bertz CT molecular complexity index is 454. The number of halogens is 1. The van der Waals surface area contributed by atoms with Crippen LogP contribution in [0.4, 0.5) is 15.8 Å². The topological polar surface area (TPSA) is 52.0 Å². The number of anilines is 1. The van der Waals surface area contributed by atoms with Crippen LogP contribution in [-0.4, -0.2) is 12.6 Å². The Hall–Kier alpha value is -1.74. The van der Waals surface area contributed by atoms with E-state index in [0.717, 1.165) is 19.4 Å². The molecular formula is C12H15FN4. The van der Waals surface area contributed by atoms with Gasteiger partial charge in [0.1, 0.15) is 5.82 Å². The van der Waals surface area contributed by atoms with Crippen molar-refractivity contribution in [1.82, 2.24) is 0 Å². The Kier molecular flexibility index (Phi) is 3.49. The SMILES string of the molecule is CC1CCCCN1c1ccc(N=[N+]=[N-])cc1F. The van der Waals surface area contributed by atoms with Crippen LogP contribution in [0.1, 0.15) is 26.2 Å². The predicted molar refractivity (Wildman–Crippen MR) is 65.9 cm³/mol. The minimum Gasteiger partial charge on any atom is -0.366 e. The number of azide groups is 1. The van der Waals surface area contributed by atoms with Crippen molar-refractivity contribution in [3.05, 3.63) is 34.5 Å². The molecule has 5 heteroatoms. The maximum absolute atomic E-state index is 13.9. The maximum Gasteiger partial charge on any atom is 0.146 e. The zero-order valence-corrected chi connectivity index (χ0v) is 9.80. The van der Waals surface area contributed by atoms with Crippen molar-refractivity contribution < 1.29 is 4.39 Å². The third-order valence-electron chi connectivity index (χ3n) is 3.20. The molecule has 1 fully saturated rings. The molecule has 90 valence electrons. The van der Waals surface area contributed by atoms with E-state index in [2.05, 4.69) is 21.8 Å². The molecule has 1 aromatic rings. The summed E-state index contributed by atoms with van der Waals surface area (Å²) in [6.45, 7) is 3.00. The number of nitrogens with zero attached hydrogens (tertiary/aromatic N) is 4. The highest BCUT2D eigenvalue weighted by atomic mass is 19.1. The Morgan fingerprint density at radius 2 is 2.29 bits per heavy atom. The third-order valence-corrected chi connectivity index (χ3v) is 3.20. The number of rotatable bonds is 2. The summed E-state index contributed by atoms with van der Waals surface area (Å²) in [4.78, 5) is 4.73. The van der Waals surface area contributed by atoms with Crippen molar-refractivity contribution in [1.29, 1.82) is 0 Å². The average molecular weight is 234 g/mol. The van der Waals surface area contributed by atoms with E-state index in [1.807, 2.05) is 0 Å². The molecule has 1 unspecified atom stereocenters. The van der Waals surface area contributed by atoms with Gasteiger partial charge in [0, 0.05) is 23.2 Å². The van der Waals surface area contributed by atoms with Gasteiger partial charge in [0.2, 0.25) is 0 Å². The molecule has 1 heterocycles. The second-order valence-corrected chi connectivity index (χ2v) is 4.36. The molecule has 4 nitrogen and oxygen atoms in total. The Balaban J connectivity index is 2.29. The number of benzene rings is 1. The third kappa shape index (κ3) is 2.50. The smallest absolute Gasteiger partial charge is 0.146 e.